The lowest BCUT2D eigenvalue weighted by molar-refractivity contribution is -0.117. The first-order valence-electron chi connectivity index (χ1n) is 10.6. The van der Waals surface area contributed by atoms with Crippen molar-refractivity contribution in [2.75, 3.05) is 10.2 Å². The van der Waals surface area contributed by atoms with E-state index in [4.69, 9.17) is 0 Å². The Morgan fingerprint density at radius 3 is 2.03 bits per heavy atom. The van der Waals surface area contributed by atoms with Gasteiger partial charge in [-0.2, -0.15) is 0 Å². The van der Waals surface area contributed by atoms with Crippen LogP contribution in [0.4, 0.5) is 17.1 Å². The second-order valence-corrected chi connectivity index (χ2v) is 8.46. The van der Waals surface area contributed by atoms with E-state index in [2.05, 4.69) is 5.32 Å². The molecule has 3 aromatic rings. The maximum Gasteiger partial charge on any atom is 0.245 e. The molecule has 0 aliphatic heterocycles. The number of benzene rings is 3. The fourth-order valence-corrected chi connectivity index (χ4v) is 4.33. The van der Waals surface area contributed by atoms with Gasteiger partial charge in [-0.1, -0.05) is 56.3 Å². The summed E-state index contributed by atoms with van der Waals surface area (Å²) >= 11 is 1.53. The van der Waals surface area contributed by atoms with Crippen molar-refractivity contribution in [3.8, 4) is 0 Å². The molecule has 0 aliphatic carbocycles. The molecule has 1 N–H and O–H groups in total. The summed E-state index contributed by atoms with van der Waals surface area (Å²) in [7, 11) is 0. The van der Waals surface area contributed by atoms with Gasteiger partial charge < -0.3 is 5.32 Å². The molecule has 0 radical (unpaired) electrons. The number of amides is 2. The molecule has 3 rings (SSSR count). The van der Waals surface area contributed by atoms with Gasteiger partial charge in [-0.25, -0.2) is 0 Å². The number of nitrogens with one attached hydrogen (secondary N) is 1. The van der Waals surface area contributed by atoms with Crippen molar-refractivity contribution in [1.29, 1.82) is 0 Å². The van der Waals surface area contributed by atoms with Gasteiger partial charge in [-0.05, 0) is 55.3 Å². The SMILES string of the molecule is CCCC(=O)Nc1cccc(SC(CC)C(=O)N(c2ccccc2)c2ccccc2)c1. The lowest BCUT2D eigenvalue weighted by Gasteiger charge is -2.27. The van der Waals surface area contributed by atoms with E-state index in [1.165, 1.54) is 11.8 Å². The number of hydrogen-bond acceptors (Lipinski definition) is 3. The molecule has 31 heavy (non-hydrogen) atoms. The summed E-state index contributed by atoms with van der Waals surface area (Å²) < 4.78 is 0. The monoisotopic (exact) mass is 432 g/mol. The number of thioether (sulfide) groups is 1. The van der Waals surface area contributed by atoms with Gasteiger partial charge >= 0.3 is 0 Å². The smallest absolute Gasteiger partial charge is 0.245 e. The molecule has 1 atom stereocenters. The van der Waals surface area contributed by atoms with Crippen molar-refractivity contribution in [3.05, 3.63) is 84.9 Å². The summed E-state index contributed by atoms with van der Waals surface area (Å²) in [6, 6.07) is 27.1. The highest BCUT2D eigenvalue weighted by atomic mass is 32.2. The molecular formula is C26H28N2O2S. The standard InChI is InChI=1S/C26H28N2O2S/c1-3-12-25(29)27-20-13-11-18-23(19-20)31-24(4-2)26(30)28(21-14-7-5-8-15-21)22-16-9-6-10-17-22/h5-11,13-19,24H,3-4,12H2,1-2H3,(H,27,29). The first-order chi connectivity index (χ1) is 15.1. The van der Waals surface area contributed by atoms with E-state index in [9.17, 15) is 9.59 Å². The third-order valence-corrected chi connectivity index (χ3v) is 6.11. The van der Waals surface area contributed by atoms with Crippen molar-refractivity contribution in [1.82, 2.24) is 0 Å². The molecule has 4 nitrogen and oxygen atoms in total. The largest absolute Gasteiger partial charge is 0.326 e. The molecule has 0 spiro atoms. The molecule has 1 unspecified atom stereocenters. The zero-order valence-corrected chi connectivity index (χ0v) is 18.8. The first kappa shape index (κ1) is 22.6. The Morgan fingerprint density at radius 1 is 0.871 bits per heavy atom. The van der Waals surface area contributed by atoms with Crippen molar-refractivity contribution in [3.63, 3.8) is 0 Å². The summed E-state index contributed by atoms with van der Waals surface area (Å²) in [4.78, 5) is 28.3. The van der Waals surface area contributed by atoms with Gasteiger partial charge in [-0.15, -0.1) is 11.8 Å². The van der Waals surface area contributed by atoms with Crippen LogP contribution in [0.1, 0.15) is 33.1 Å². The molecule has 0 fully saturated rings. The van der Waals surface area contributed by atoms with Crippen LogP contribution < -0.4 is 10.2 Å². The Morgan fingerprint density at radius 2 is 1.48 bits per heavy atom. The van der Waals surface area contributed by atoms with E-state index >= 15 is 0 Å². The third kappa shape index (κ3) is 6.22. The zero-order chi connectivity index (χ0) is 22.1. The van der Waals surface area contributed by atoms with Crippen molar-refractivity contribution < 1.29 is 9.59 Å². The number of anilines is 3. The predicted molar refractivity (Wildman–Crippen MR) is 130 cm³/mol. The van der Waals surface area contributed by atoms with Gasteiger partial charge in [0.2, 0.25) is 11.8 Å². The number of carbonyl (C=O) groups is 2. The minimum absolute atomic E-state index is 0.00657. The lowest BCUT2D eigenvalue weighted by atomic mass is 10.2. The van der Waals surface area contributed by atoms with E-state index < -0.39 is 0 Å². The molecule has 2 amide bonds. The Bertz CT molecular complexity index is 953. The van der Waals surface area contributed by atoms with Crippen molar-refractivity contribution >= 4 is 40.6 Å². The average Bonchev–Trinajstić information content (AvgIpc) is 2.79. The van der Waals surface area contributed by atoms with E-state index in [-0.39, 0.29) is 17.1 Å². The topological polar surface area (TPSA) is 49.4 Å². The number of rotatable bonds is 9. The van der Waals surface area contributed by atoms with Crippen LogP contribution in [-0.4, -0.2) is 17.1 Å². The van der Waals surface area contributed by atoms with Crippen LogP contribution in [-0.2, 0) is 9.59 Å². The van der Waals surface area contributed by atoms with Crippen LogP contribution in [0.25, 0.3) is 0 Å². The highest BCUT2D eigenvalue weighted by Crippen LogP contribution is 2.33. The molecule has 0 saturated carbocycles. The second-order valence-electron chi connectivity index (χ2n) is 7.19. The highest BCUT2D eigenvalue weighted by Gasteiger charge is 2.26. The average molecular weight is 433 g/mol. The minimum Gasteiger partial charge on any atom is -0.326 e. The van der Waals surface area contributed by atoms with Gasteiger partial charge in [0.15, 0.2) is 0 Å². The molecular weight excluding hydrogens is 404 g/mol. The van der Waals surface area contributed by atoms with Crippen LogP contribution in [0.3, 0.4) is 0 Å². The number of carbonyl (C=O) groups excluding carboxylic acids is 2. The third-order valence-electron chi connectivity index (χ3n) is 4.77. The molecule has 160 valence electrons. The molecule has 0 bridgehead atoms. The number of nitrogens with zero attached hydrogens (tertiary/aromatic N) is 1. The summed E-state index contributed by atoms with van der Waals surface area (Å²) in [6.45, 7) is 4.01. The van der Waals surface area contributed by atoms with Crippen molar-refractivity contribution in [2.45, 2.75) is 43.3 Å². The molecule has 3 aromatic carbocycles. The van der Waals surface area contributed by atoms with Gasteiger partial charge in [0.1, 0.15) is 0 Å². The van der Waals surface area contributed by atoms with E-state index in [0.29, 0.717) is 12.8 Å². The van der Waals surface area contributed by atoms with Crippen LogP contribution in [0.2, 0.25) is 0 Å². The maximum atomic E-state index is 13.7. The second kappa shape index (κ2) is 11.4. The minimum atomic E-state index is -0.262. The van der Waals surface area contributed by atoms with Crippen LogP contribution in [0.15, 0.2) is 89.8 Å². The van der Waals surface area contributed by atoms with E-state index in [0.717, 1.165) is 28.4 Å². The first-order valence-corrected chi connectivity index (χ1v) is 11.5. The lowest BCUT2D eigenvalue weighted by Crippen LogP contribution is -2.34. The quantitative estimate of drug-likeness (QED) is 0.385. The van der Waals surface area contributed by atoms with E-state index in [1.807, 2.05) is 98.8 Å². The normalized spacial score (nSPS) is 11.5. The Balaban J connectivity index is 1.83. The van der Waals surface area contributed by atoms with Gasteiger partial charge in [0.05, 0.1) is 5.25 Å². The summed E-state index contributed by atoms with van der Waals surface area (Å²) in [6.07, 6.45) is 1.99. The predicted octanol–water partition coefficient (Wildman–Crippen LogP) is 6.66. The molecule has 5 heteroatoms. The van der Waals surface area contributed by atoms with Crippen molar-refractivity contribution in [2.24, 2.45) is 0 Å². The number of hydrogen-bond donors (Lipinski definition) is 1. The van der Waals surface area contributed by atoms with Gasteiger partial charge in [-0.3, -0.25) is 14.5 Å². The summed E-state index contributed by atoms with van der Waals surface area (Å²) in [5.41, 5.74) is 2.45. The highest BCUT2D eigenvalue weighted by molar-refractivity contribution is 8.00. The Labute approximate surface area is 188 Å². The van der Waals surface area contributed by atoms with Crippen LogP contribution >= 0.6 is 11.8 Å². The molecule has 0 aromatic heterocycles. The fraction of sp³-hybridized carbons (Fsp3) is 0.231. The van der Waals surface area contributed by atoms with E-state index in [1.54, 1.807) is 4.90 Å². The summed E-state index contributed by atoms with van der Waals surface area (Å²) in [5, 5.41) is 2.67. The Kier molecular flexibility index (Phi) is 8.30. The molecule has 0 heterocycles. The summed E-state index contributed by atoms with van der Waals surface area (Å²) in [5.74, 6) is 0.0393. The number of para-hydroxylation sites is 2. The zero-order valence-electron chi connectivity index (χ0n) is 18.0. The Hall–Kier alpha value is -3.05. The molecule has 0 aliphatic rings. The molecule has 0 saturated heterocycles. The maximum absolute atomic E-state index is 13.7. The fourth-order valence-electron chi connectivity index (χ4n) is 3.27. The van der Waals surface area contributed by atoms with Gasteiger partial charge in [0, 0.05) is 28.4 Å². The van der Waals surface area contributed by atoms with Crippen LogP contribution in [0, 0.1) is 0 Å². The van der Waals surface area contributed by atoms with Gasteiger partial charge in [0.25, 0.3) is 0 Å². The van der Waals surface area contributed by atoms with Crippen LogP contribution in [0.5, 0.6) is 0 Å².